The molecule has 2 fully saturated rings. The number of amides is 2. The smallest absolute Gasteiger partial charge is 0.416 e. The summed E-state index contributed by atoms with van der Waals surface area (Å²) in [4.78, 5) is 50.6. The predicted octanol–water partition coefficient (Wildman–Crippen LogP) is 8.86. The van der Waals surface area contributed by atoms with Crippen molar-refractivity contribution in [2.75, 3.05) is 26.7 Å². The first-order chi connectivity index (χ1) is 26.9. The van der Waals surface area contributed by atoms with E-state index in [1.54, 1.807) is 4.90 Å². The third-order valence-corrected chi connectivity index (χ3v) is 12.3. The van der Waals surface area contributed by atoms with Gasteiger partial charge in [0.2, 0.25) is 11.8 Å². The van der Waals surface area contributed by atoms with Crippen molar-refractivity contribution in [2.45, 2.75) is 96.7 Å². The van der Waals surface area contributed by atoms with Gasteiger partial charge in [-0.25, -0.2) is 9.97 Å². The summed E-state index contributed by atoms with van der Waals surface area (Å²) in [7, 11) is 1.29. The molecule has 56 heavy (non-hydrogen) atoms. The second-order valence-corrected chi connectivity index (χ2v) is 15.7. The highest BCUT2D eigenvalue weighted by molar-refractivity contribution is 5.84. The monoisotopic (exact) mass is 774 g/mol. The van der Waals surface area contributed by atoms with Gasteiger partial charge in [0, 0.05) is 55.5 Å². The highest BCUT2D eigenvalue weighted by atomic mass is 19.4. The van der Waals surface area contributed by atoms with Crippen molar-refractivity contribution in [2.24, 2.45) is 23.7 Å². The van der Waals surface area contributed by atoms with Crippen molar-refractivity contribution in [1.82, 2.24) is 19.8 Å². The maximum absolute atomic E-state index is 13.6. The van der Waals surface area contributed by atoms with Gasteiger partial charge in [-0.1, -0.05) is 62.6 Å². The number of methoxy groups -OCH3 is 1. The fourth-order valence-corrected chi connectivity index (χ4v) is 8.81. The molecule has 9 nitrogen and oxygen atoms in total. The topological polar surface area (TPSA) is 113 Å². The number of alkyl halides is 3. The lowest BCUT2D eigenvalue weighted by molar-refractivity contribution is -0.148. The van der Waals surface area contributed by atoms with Crippen molar-refractivity contribution in [3.05, 3.63) is 83.2 Å². The molecule has 300 valence electrons. The second kappa shape index (κ2) is 18.5. The van der Waals surface area contributed by atoms with Gasteiger partial charge in [-0.3, -0.25) is 14.4 Å². The molecule has 2 aromatic carbocycles. The minimum absolute atomic E-state index is 0.0133. The molecule has 1 atom stereocenters. The van der Waals surface area contributed by atoms with E-state index in [4.69, 9.17) is 4.74 Å². The lowest BCUT2D eigenvalue weighted by Gasteiger charge is -2.35. The summed E-state index contributed by atoms with van der Waals surface area (Å²) in [6, 6.07) is 11.1. The minimum Gasteiger partial charge on any atom is -0.497 e. The van der Waals surface area contributed by atoms with Gasteiger partial charge in [0.1, 0.15) is 12.3 Å². The Labute approximate surface area is 327 Å². The number of carbonyl (C=O) groups is 3. The molecule has 0 spiro atoms. The normalized spacial score (nSPS) is 20.6. The number of benzene rings is 2. The van der Waals surface area contributed by atoms with E-state index in [1.807, 2.05) is 36.7 Å². The van der Waals surface area contributed by atoms with Gasteiger partial charge >= 0.3 is 12.1 Å². The maximum atomic E-state index is 13.6. The number of carbonyl (C=O) groups excluding carboxylic acids is 2. The van der Waals surface area contributed by atoms with E-state index in [0.29, 0.717) is 18.7 Å². The van der Waals surface area contributed by atoms with Crippen LogP contribution in [0.25, 0.3) is 17.0 Å². The lowest BCUT2D eigenvalue weighted by atomic mass is 9.71. The van der Waals surface area contributed by atoms with Gasteiger partial charge in [-0.15, -0.1) is 0 Å². The number of carboxylic acid groups (broad SMARTS) is 1. The van der Waals surface area contributed by atoms with Crippen LogP contribution >= 0.6 is 0 Å². The van der Waals surface area contributed by atoms with Crippen LogP contribution in [0.5, 0.6) is 5.75 Å². The average Bonchev–Trinajstić information content (AvgIpc) is 3.22. The Morgan fingerprint density at radius 2 is 1.61 bits per heavy atom. The largest absolute Gasteiger partial charge is 0.497 e. The van der Waals surface area contributed by atoms with Crippen molar-refractivity contribution in [3.63, 3.8) is 0 Å². The highest BCUT2D eigenvalue weighted by Crippen LogP contribution is 2.42. The van der Waals surface area contributed by atoms with Crippen LogP contribution in [-0.4, -0.2) is 69.4 Å². The molecule has 1 saturated carbocycles. The van der Waals surface area contributed by atoms with Crippen molar-refractivity contribution < 1.29 is 37.4 Å². The van der Waals surface area contributed by atoms with Crippen molar-refractivity contribution >= 4 is 23.4 Å². The number of rotatable bonds is 13. The fraction of sp³-hybridized carbons (Fsp3) is 0.523. The maximum Gasteiger partial charge on any atom is 0.416 e. The third-order valence-electron chi connectivity index (χ3n) is 12.3. The molecule has 1 saturated heterocycles. The summed E-state index contributed by atoms with van der Waals surface area (Å²) in [5, 5.41) is 9.63. The quantitative estimate of drug-likeness (QED) is 0.185. The zero-order chi connectivity index (χ0) is 39.8. The summed E-state index contributed by atoms with van der Waals surface area (Å²) < 4.78 is 45.8. The average molecular weight is 775 g/mol. The van der Waals surface area contributed by atoms with Gasteiger partial charge < -0.3 is 19.6 Å². The van der Waals surface area contributed by atoms with Crippen LogP contribution in [0.3, 0.4) is 0 Å². The van der Waals surface area contributed by atoms with Gasteiger partial charge in [0.15, 0.2) is 5.82 Å². The summed E-state index contributed by atoms with van der Waals surface area (Å²) in [5.41, 5.74) is 3.14. The summed E-state index contributed by atoms with van der Waals surface area (Å²) in [6.45, 7) is 2.47. The summed E-state index contributed by atoms with van der Waals surface area (Å²) >= 11 is 0. The first kappa shape index (κ1) is 40.9. The van der Waals surface area contributed by atoms with Crippen LogP contribution in [0.15, 0.2) is 60.9 Å². The Hall–Kier alpha value is -4.74. The molecule has 12 heteroatoms. The van der Waals surface area contributed by atoms with Crippen LogP contribution in [0.1, 0.15) is 99.8 Å². The molecule has 6 rings (SSSR count). The van der Waals surface area contributed by atoms with Gasteiger partial charge in [-0.05, 0) is 98.0 Å². The van der Waals surface area contributed by atoms with Crippen LogP contribution in [0.4, 0.5) is 13.2 Å². The molecule has 0 bridgehead atoms. The van der Waals surface area contributed by atoms with E-state index < -0.39 is 30.2 Å². The molecule has 0 radical (unpaired) electrons. The van der Waals surface area contributed by atoms with Gasteiger partial charge in [-0.2, -0.15) is 13.2 Å². The van der Waals surface area contributed by atoms with Crippen molar-refractivity contribution in [1.29, 1.82) is 0 Å². The number of hydrogen-bond acceptors (Lipinski definition) is 6. The molecule has 1 aromatic heterocycles. The summed E-state index contributed by atoms with van der Waals surface area (Å²) in [5.74, 6) is 1.03. The molecule has 1 aliphatic heterocycles. The number of allylic oxidation sites excluding steroid dienone is 2. The lowest BCUT2D eigenvalue weighted by Crippen LogP contribution is -2.45. The zero-order valence-electron chi connectivity index (χ0n) is 32.4. The minimum atomic E-state index is -4.58. The number of ether oxygens (including phenoxy) is 1. The molecule has 1 N–H and O–H groups in total. The number of aromatic nitrogens is 2. The first-order valence-corrected chi connectivity index (χ1v) is 20.0. The van der Waals surface area contributed by atoms with Crippen LogP contribution in [0.2, 0.25) is 0 Å². The Kier molecular flexibility index (Phi) is 13.5. The number of aliphatic carboxylic acids is 1. The molecule has 3 aliphatic rings. The van der Waals surface area contributed by atoms with Crippen LogP contribution in [-0.2, 0) is 33.5 Å². The second-order valence-electron chi connectivity index (χ2n) is 15.7. The van der Waals surface area contributed by atoms with E-state index in [2.05, 4.69) is 23.0 Å². The molecular weight excluding hydrogens is 722 g/mol. The van der Waals surface area contributed by atoms with E-state index in [9.17, 15) is 32.7 Å². The van der Waals surface area contributed by atoms with E-state index in [0.717, 1.165) is 53.4 Å². The number of piperidine rings is 1. The molecule has 3 aromatic rings. The molecule has 2 aliphatic carbocycles. The van der Waals surface area contributed by atoms with Gasteiger partial charge in [0.05, 0.1) is 12.7 Å². The Morgan fingerprint density at radius 3 is 2.20 bits per heavy atom. The summed E-state index contributed by atoms with van der Waals surface area (Å²) in [6.07, 6.45) is 12.3. The number of halogens is 3. The van der Waals surface area contributed by atoms with E-state index in [1.165, 1.54) is 68.2 Å². The number of aryl methyl sites for hydroxylation is 1. The fourth-order valence-electron chi connectivity index (χ4n) is 8.81. The Bertz CT molecular complexity index is 1850. The predicted molar refractivity (Wildman–Crippen MR) is 207 cm³/mol. The van der Waals surface area contributed by atoms with Crippen molar-refractivity contribution in [3.8, 4) is 17.1 Å². The molecular formula is C44H53F3N4O5. The van der Waals surface area contributed by atoms with Gasteiger partial charge in [0.25, 0.3) is 0 Å². The van der Waals surface area contributed by atoms with Crippen LogP contribution < -0.4 is 4.74 Å². The molecule has 2 amide bonds. The van der Waals surface area contributed by atoms with Crippen LogP contribution in [0, 0.1) is 23.7 Å². The zero-order valence-corrected chi connectivity index (χ0v) is 32.4. The first-order valence-electron chi connectivity index (χ1n) is 20.0. The standard InChI is InChI=1S/C44H53F3N4O5/c1-3-29-4-8-31(9-5-29)32-12-14-33(15-13-32)37-25-48-42(49-26-37)35-10-6-30(7-11-35)27-51(28-41(53)54)43(55)36-20-22-50(23-21-36)40(52)19-17-34-16-18-38(56-2)24-39(34)44(45,46)47/h6-7,10-11,14,16,18,24-26,29,31-32,36H,3-5,8-9,12-13,15,17,19-23,27-28H2,1-2H3,(H,53,54). The highest BCUT2D eigenvalue weighted by Gasteiger charge is 2.35. The molecule has 2 heterocycles. The van der Waals surface area contributed by atoms with E-state index >= 15 is 0 Å². The number of nitrogens with zero attached hydrogens (tertiary/aromatic N) is 4. The number of carboxylic acids is 1. The van der Waals surface area contributed by atoms with E-state index in [-0.39, 0.29) is 55.6 Å². The molecule has 1 unspecified atom stereocenters. The number of hydrogen-bond donors (Lipinski definition) is 1. The number of likely N-dealkylation sites (tertiary alicyclic amines) is 1. The Morgan fingerprint density at radius 1 is 0.911 bits per heavy atom. The Balaban J connectivity index is 0.996. The SMILES string of the molecule is CCC1CCC(C2CC=C(c3cnc(-c4ccc(CN(CC(=O)O)C(=O)C5CCN(C(=O)CCc6ccc(OC)cc6C(F)(F)F)CC5)cc4)nc3)CC2)CC1. The third kappa shape index (κ3) is 10.4.